The van der Waals surface area contributed by atoms with Crippen molar-refractivity contribution in [2.45, 2.75) is 57.5 Å². The first kappa shape index (κ1) is 29.5. The van der Waals surface area contributed by atoms with Crippen molar-refractivity contribution in [1.29, 1.82) is 0 Å². The van der Waals surface area contributed by atoms with E-state index < -0.39 is 18.0 Å². The third kappa shape index (κ3) is 8.24. The Morgan fingerprint density at radius 3 is 2.33 bits per heavy atom. The number of carbonyl (C=O) groups excluding carboxylic acids is 4. The minimum absolute atomic E-state index is 0.0449. The van der Waals surface area contributed by atoms with Gasteiger partial charge < -0.3 is 20.0 Å². The highest BCUT2D eigenvalue weighted by atomic mass is 16.2. The van der Waals surface area contributed by atoms with Gasteiger partial charge in [0.05, 0.1) is 12.6 Å². The normalized spacial score (nSPS) is 20.9. The lowest BCUT2D eigenvalue weighted by atomic mass is 9.90. The van der Waals surface area contributed by atoms with Crippen LogP contribution in [0, 0.1) is 5.92 Å². The number of rotatable bonds is 12. The molecule has 0 aromatic heterocycles. The molecular formula is C32H42N4O4. The van der Waals surface area contributed by atoms with Crippen LogP contribution < -0.4 is 5.32 Å². The van der Waals surface area contributed by atoms with Crippen molar-refractivity contribution in [3.05, 3.63) is 71.8 Å². The van der Waals surface area contributed by atoms with Crippen molar-refractivity contribution in [3.63, 3.8) is 0 Å². The molecule has 2 aliphatic heterocycles. The van der Waals surface area contributed by atoms with Gasteiger partial charge in [0, 0.05) is 19.5 Å². The Morgan fingerprint density at radius 1 is 1.00 bits per heavy atom. The van der Waals surface area contributed by atoms with E-state index in [9.17, 15) is 19.2 Å². The highest BCUT2D eigenvalue weighted by Crippen LogP contribution is 2.21. The van der Waals surface area contributed by atoms with Crippen LogP contribution in [-0.2, 0) is 32.0 Å². The van der Waals surface area contributed by atoms with Crippen LogP contribution in [0.5, 0.6) is 0 Å². The molecule has 0 saturated carbocycles. The molecule has 2 heterocycles. The summed E-state index contributed by atoms with van der Waals surface area (Å²) in [5.41, 5.74) is 2.12. The Labute approximate surface area is 237 Å². The average Bonchev–Trinajstić information content (AvgIpc) is 2.94. The maximum Gasteiger partial charge on any atom is 0.246 e. The van der Waals surface area contributed by atoms with E-state index in [-0.39, 0.29) is 30.7 Å². The van der Waals surface area contributed by atoms with E-state index in [4.69, 9.17) is 0 Å². The summed E-state index contributed by atoms with van der Waals surface area (Å²) in [4.78, 5) is 58.0. The third-order valence-corrected chi connectivity index (χ3v) is 8.06. The lowest BCUT2D eigenvalue weighted by Gasteiger charge is -2.40. The summed E-state index contributed by atoms with van der Waals surface area (Å²) in [6.07, 6.45) is 4.59. The number of hydrogen-bond donors (Lipinski definition) is 1. The number of amides is 3. The summed E-state index contributed by atoms with van der Waals surface area (Å²) in [5.74, 6) is -0.545. The molecule has 4 rings (SSSR count). The molecular weight excluding hydrogens is 504 g/mol. The molecule has 2 aromatic rings. The maximum atomic E-state index is 13.7. The topological polar surface area (TPSA) is 90.0 Å². The van der Waals surface area contributed by atoms with Crippen LogP contribution in [0.25, 0.3) is 0 Å². The van der Waals surface area contributed by atoms with E-state index in [1.165, 1.54) is 17.4 Å². The van der Waals surface area contributed by atoms with E-state index in [0.29, 0.717) is 25.3 Å². The second kappa shape index (κ2) is 14.2. The molecule has 3 amide bonds. The Hall–Kier alpha value is -3.52. The lowest BCUT2D eigenvalue weighted by molar-refractivity contribution is -0.157. The number of piperazine rings is 1. The van der Waals surface area contributed by atoms with Crippen LogP contribution in [0.2, 0.25) is 0 Å². The van der Waals surface area contributed by atoms with Crippen LogP contribution in [0.3, 0.4) is 0 Å². The fourth-order valence-electron chi connectivity index (χ4n) is 5.91. The Morgan fingerprint density at radius 2 is 1.68 bits per heavy atom. The molecule has 2 aliphatic rings. The first-order valence-electron chi connectivity index (χ1n) is 14.4. The van der Waals surface area contributed by atoms with E-state index in [0.717, 1.165) is 44.3 Å². The first-order valence-corrected chi connectivity index (χ1v) is 14.4. The molecule has 1 N–H and O–H groups in total. The van der Waals surface area contributed by atoms with Gasteiger partial charge in [-0.25, -0.2) is 0 Å². The van der Waals surface area contributed by atoms with Crippen molar-refractivity contribution in [1.82, 2.24) is 20.0 Å². The van der Waals surface area contributed by atoms with Gasteiger partial charge in [-0.2, -0.15) is 0 Å². The predicted molar refractivity (Wildman–Crippen MR) is 154 cm³/mol. The first-order chi connectivity index (χ1) is 19.3. The second-order valence-corrected chi connectivity index (χ2v) is 11.3. The lowest BCUT2D eigenvalue weighted by Crippen LogP contribution is -2.62. The number of ketones is 1. The zero-order chi connectivity index (χ0) is 28.5. The number of piperidine rings is 1. The van der Waals surface area contributed by atoms with E-state index in [1.54, 1.807) is 4.90 Å². The Kier molecular flexibility index (Phi) is 10.5. The predicted octanol–water partition coefficient (Wildman–Crippen LogP) is 2.71. The highest BCUT2D eigenvalue weighted by molar-refractivity contribution is 5.97. The molecule has 2 fully saturated rings. The van der Waals surface area contributed by atoms with Gasteiger partial charge in [-0.1, -0.05) is 60.7 Å². The Bertz CT molecular complexity index is 1160. The molecule has 40 heavy (non-hydrogen) atoms. The minimum atomic E-state index is -0.770. The average molecular weight is 547 g/mol. The van der Waals surface area contributed by atoms with Crippen molar-refractivity contribution in [3.8, 4) is 0 Å². The zero-order valence-electron chi connectivity index (χ0n) is 23.8. The number of hydrogen-bond acceptors (Lipinski definition) is 5. The van der Waals surface area contributed by atoms with Gasteiger partial charge in [0.25, 0.3) is 0 Å². The summed E-state index contributed by atoms with van der Waals surface area (Å²) in [6.45, 7) is 3.64. The van der Waals surface area contributed by atoms with Crippen LogP contribution in [0.15, 0.2) is 60.7 Å². The van der Waals surface area contributed by atoms with Crippen LogP contribution in [-0.4, -0.2) is 90.1 Å². The highest BCUT2D eigenvalue weighted by Gasteiger charge is 2.40. The van der Waals surface area contributed by atoms with Crippen LogP contribution in [0.1, 0.15) is 43.7 Å². The van der Waals surface area contributed by atoms with Gasteiger partial charge >= 0.3 is 0 Å². The number of aryl methyl sites for hydroxylation is 1. The number of likely N-dealkylation sites (tertiary alicyclic amines) is 1. The quantitative estimate of drug-likeness (QED) is 0.442. The van der Waals surface area contributed by atoms with E-state index in [1.807, 2.05) is 48.5 Å². The van der Waals surface area contributed by atoms with Crippen molar-refractivity contribution in [2.24, 2.45) is 5.92 Å². The molecule has 2 saturated heterocycles. The molecule has 3 atom stereocenters. The molecule has 214 valence electrons. The molecule has 0 radical (unpaired) electrons. The van der Waals surface area contributed by atoms with Gasteiger partial charge in [-0.15, -0.1) is 0 Å². The standard InChI is InChI=1S/C32H42N4O4/c1-24(37)28(19-27-16-9-17-34(2)21-27)33-30(38)22-36-29(20-26-13-7-4-8-14-26)32(40)35(23-31(36)39)18-10-15-25-11-5-3-6-12-25/h3-8,11-14,27-29H,9-10,15-23H2,1-2H3,(H,33,38). The summed E-state index contributed by atoms with van der Waals surface area (Å²) in [7, 11) is 2.07. The van der Waals surface area contributed by atoms with Gasteiger partial charge in [0.15, 0.2) is 5.78 Å². The van der Waals surface area contributed by atoms with Gasteiger partial charge in [0.1, 0.15) is 12.6 Å². The fourth-order valence-corrected chi connectivity index (χ4v) is 5.91. The van der Waals surface area contributed by atoms with Crippen molar-refractivity contribution in [2.75, 3.05) is 39.8 Å². The smallest absolute Gasteiger partial charge is 0.246 e. The third-order valence-electron chi connectivity index (χ3n) is 8.06. The molecule has 0 aliphatic carbocycles. The van der Waals surface area contributed by atoms with Crippen molar-refractivity contribution < 1.29 is 19.2 Å². The maximum absolute atomic E-state index is 13.7. The summed E-state index contributed by atoms with van der Waals surface area (Å²) < 4.78 is 0. The number of benzene rings is 2. The second-order valence-electron chi connectivity index (χ2n) is 11.3. The molecule has 8 heteroatoms. The number of Topliss-reactive ketones (excluding diaryl/α,β-unsaturated/α-hetero) is 1. The zero-order valence-corrected chi connectivity index (χ0v) is 23.8. The SMILES string of the molecule is CC(=O)C(CC1CCCN(C)C1)NC(=O)CN1C(=O)CN(CCCc2ccccc2)C(=O)C1Cc1ccccc1. The fraction of sp³-hybridized carbons (Fsp3) is 0.500. The minimum Gasteiger partial charge on any atom is -0.345 e. The van der Waals surface area contributed by atoms with Crippen molar-refractivity contribution >= 4 is 23.5 Å². The summed E-state index contributed by atoms with van der Waals surface area (Å²) in [6, 6.07) is 18.3. The van der Waals surface area contributed by atoms with Crippen LogP contribution in [0.4, 0.5) is 0 Å². The molecule has 2 aromatic carbocycles. The largest absolute Gasteiger partial charge is 0.345 e. The van der Waals surface area contributed by atoms with E-state index in [2.05, 4.69) is 29.4 Å². The molecule has 3 unspecified atom stereocenters. The monoisotopic (exact) mass is 546 g/mol. The number of nitrogens with one attached hydrogen (secondary N) is 1. The molecule has 0 spiro atoms. The van der Waals surface area contributed by atoms with Gasteiger partial charge in [-0.3, -0.25) is 19.2 Å². The van der Waals surface area contributed by atoms with Crippen LogP contribution >= 0.6 is 0 Å². The number of nitrogens with zero attached hydrogens (tertiary/aromatic N) is 3. The Balaban J connectivity index is 1.42. The number of carbonyl (C=O) groups is 4. The van der Waals surface area contributed by atoms with E-state index >= 15 is 0 Å². The summed E-state index contributed by atoms with van der Waals surface area (Å²) >= 11 is 0. The molecule has 8 nitrogen and oxygen atoms in total. The molecule has 0 bridgehead atoms. The van der Waals surface area contributed by atoms with Gasteiger partial charge in [-0.05, 0) is 69.7 Å². The van der Waals surface area contributed by atoms with Gasteiger partial charge in [0.2, 0.25) is 17.7 Å². The summed E-state index contributed by atoms with van der Waals surface area (Å²) in [5, 5.41) is 2.88.